The molecule has 2 N–H and O–H groups in total. The van der Waals surface area contributed by atoms with Crippen molar-refractivity contribution in [2.24, 2.45) is 5.73 Å². The molecule has 0 spiro atoms. The van der Waals surface area contributed by atoms with Crippen molar-refractivity contribution in [3.63, 3.8) is 0 Å². The van der Waals surface area contributed by atoms with Crippen LogP contribution in [0.4, 0.5) is 5.69 Å². The van der Waals surface area contributed by atoms with E-state index in [1.807, 2.05) is 0 Å². The van der Waals surface area contributed by atoms with Gasteiger partial charge in [-0.2, -0.15) is 5.10 Å². The van der Waals surface area contributed by atoms with Crippen LogP contribution in [-0.4, -0.2) is 21.2 Å². The van der Waals surface area contributed by atoms with Crippen LogP contribution in [0.5, 0.6) is 0 Å². The predicted octanol–water partition coefficient (Wildman–Crippen LogP) is 0.562. The Hall–Kier alpha value is -1.14. The maximum Gasteiger partial charge on any atom is 0.306 e. The minimum atomic E-state index is -0.466. The molecule has 0 bridgehead atoms. The second-order valence-electron chi connectivity index (χ2n) is 2.36. The van der Waals surface area contributed by atoms with Crippen LogP contribution in [0.15, 0.2) is 12.4 Å². The Morgan fingerprint density at radius 1 is 1.69 bits per heavy atom. The maximum absolute atomic E-state index is 10.2. The van der Waals surface area contributed by atoms with Crippen LogP contribution in [0, 0.1) is 10.1 Å². The Kier molecular flexibility index (Phi) is 5.01. The average Bonchev–Trinajstić information content (AvgIpc) is 2.48. The number of halogens is 1. The summed E-state index contributed by atoms with van der Waals surface area (Å²) in [6, 6.07) is 0. The molecule has 6 nitrogen and oxygen atoms in total. The van der Waals surface area contributed by atoms with Crippen LogP contribution in [0.25, 0.3) is 0 Å². The molecule has 1 aromatic rings. The molecule has 0 aliphatic rings. The molecule has 0 aliphatic heterocycles. The minimum Gasteiger partial charge on any atom is -0.330 e. The van der Waals surface area contributed by atoms with Crippen LogP contribution >= 0.6 is 12.4 Å². The van der Waals surface area contributed by atoms with Gasteiger partial charge in [0.2, 0.25) is 0 Å². The van der Waals surface area contributed by atoms with Gasteiger partial charge in [-0.3, -0.25) is 14.8 Å². The summed E-state index contributed by atoms with van der Waals surface area (Å²) in [4.78, 5) is 9.75. The molecule has 0 saturated heterocycles. The predicted molar refractivity (Wildman–Crippen MR) is 49.8 cm³/mol. The van der Waals surface area contributed by atoms with E-state index in [1.54, 1.807) is 0 Å². The first-order valence-electron chi connectivity index (χ1n) is 3.61. The molecule has 7 heteroatoms. The van der Waals surface area contributed by atoms with E-state index in [4.69, 9.17) is 5.73 Å². The quantitative estimate of drug-likeness (QED) is 0.576. The van der Waals surface area contributed by atoms with Gasteiger partial charge in [0.1, 0.15) is 12.4 Å². The van der Waals surface area contributed by atoms with Crippen LogP contribution in [0.1, 0.15) is 6.42 Å². The van der Waals surface area contributed by atoms with E-state index >= 15 is 0 Å². The fourth-order valence-electron chi connectivity index (χ4n) is 0.823. The molecule has 1 aromatic heterocycles. The lowest BCUT2D eigenvalue weighted by molar-refractivity contribution is -0.385. The van der Waals surface area contributed by atoms with Gasteiger partial charge in [-0.15, -0.1) is 12.4 Å². The Morgan fingerprint density at radius 3 is 2.85 bits per heavy atom. The Morgan fingerprint density at radius 2 is 2.38 bits per heavy atom. The van der Waals surface area contributed by atoms with Gasteiger partial charge in [0.25, 0.3) is 0 Å². The zero-order valence-corrected chi connectivity index (χ0v) is 7.74. The third kappa shape index (κ3) is 3.39. The van der Waals surface area contributed by atoms with Crippen molar-refractivity contribution < 1.29 is 4.92 Å². The molecule has 0 aromatic carbocycles. The fraction of sp³-hybridized carbons (Fsp3) is 0.500. The van der Waals surface area contributed by atoms with Crippen LogP contribution in [-0.2, 0) is 6.54 Å². The minimum absolute atomic E-state index is 0. The summed E-state index contributed by atoms with van der Waals surface area (Å²) < 4.78 is 1.52. The highest BCUT2D eigenvalue weighted by Gasteiger charge is 2.07. The number of nitrogens with two attached hydrogens (primary N) is 1. The summed E-state index contributed by atoms with van der Waals surface area (Å²) >= 11 is 0. The summed E-state index contributed by atoms with van der Waals surface area (Å²) in [6.07, 6.45) is 3.41. The van der Waals surface area contributed by atoms with Gasteiger partial charge in [-0.05, 0) is 13.0 Å². The fourth-order valence-corrected chi connectivity index (χ4v) is 0.823. The van der Waals surface area contributed by atoms with Gasteiger partial charge in [0, 0.05) is 6.54 Å². The molecule has 0 fully saturated rings. The molecule has 0 atom stereocenters. The number of hydrogen-bond acceptors (Lipinski definition) is 4. The SMILES string of the molecule is Cl.NCCCn1cc([N+](=O)[O-])cn1. The number of nitro groups is 1. The highest BCUT2D eigenvalue weighted by molar-refractivity contribution is 5.85. The van der Waals surface area contributed by atoms with Crippen LogP contribution in [0.3, 0.4) is 0 Å². The van der Waals surface area contributed by atoms with Gasteiger partial charge in [0.05, 0.1) is 4.92 Å². The van der Waals surface area contributed by atoms with Gasteiger partial charge < -0.3 is 5.73 Å². The highest BCUT2D eigenvalue weighted by atomic mass is 35.5. The molecule has 0 saturated carbocycles. The largest absolute Gasteiger partial charge is 0.330 e. The zero-order valence-electron chi connectivity index (χ0n) is 6.92. The van der Waals surface area contributed by atoms with Crippen molar-refractivity contribution in [1.29, 1.82) is 0 Å². The zero-order chi connectivity index (χ0) is 8.97. The van der Waals surface area contributed by atoms with E-state index in [0.717, 1.165) is 6.42 Å². The van der Waals surface area contributed by atoms with E-state index in [9.17, 15) is 10.1 Å². The van der Waals surface area contributed by atoms with E-state index in [2.05, 4.69) is 5.10 Å². The molecule has 1 rings (SSSR count). The number of nitrogens with zero attached hydrogens (tertiary/aromatic N) is 3. The molecule has 0 radical (unpaired) electrons. The van der Waals surface area contributed by atoms with Crippen molar-refractivity contribution in [3.8, 4) is 0 Å². The Labute approximate surface area is 81.3 Å². The van der Waals surface area contributed by atoms with Gasteiger partial charge in [-0.1, -0.05) is 0 Å². The summed E-state index contributed by atoms with van der Waals surface area (Å²) in [5.41, 5.74) is 5.29. The lowest BCUT2D eigenvalue weighted by atomic mass is 10.4. The highest BCUT2D eigenvalue weighted by Crippen LogP contribution is 2.07. The lowest BCUT2D eigenvalue weighted by Gasteiger charge is -1.95. The summed E-state index contributed by atoms with van der Waals surface area (Å²) in [5, 5.41) is 14.0. The van der Waals surface area contributed by atoms with Crippen molar-refractivity contribution in [2.75, 3.05) is 6.54 Å². The first kappa shape index (κ1) is 11.9. The monoisotopic (exact) mass is 206 g/mol. The van der Waals surface area contributed by atoms with E-state index in [0.29, 0.717) is 13.1 Å². The molecular weight excluding hydrogens is 196 g/mol. The summed E-state index contributed by atoms with van der Waals surface area (Å²) in [7, 11) is 0. The van der Waals surface area contributed by atoms with E-state index < -0.39 is 4.92 Å². The average molecular weight is 207 g/mol. The van der Waals surface area contributed by atoms with Crippen molar-refractivity contribution in [2.45, 2.75) is 13.0 Å². The van der Waals surface area contributed by atoms with E-state index in [-0.39, 0.29) is 18.1 Å². The van der Waals surface area contributed by atoms with Crippen LogP contribution in [0.2, 0.25) is 0 Å². The van der Waals surface area contributed by atoms with Crippen molar-refractivity contribution in [3.05, 3.63) is 22.5 Å². The molecular formula is C6H11ClN4O2. The smallest absolute Gasteiger partial charge is 0.306 e. The van der Waals surface area contributed by atoms with Gasteiger partial charge in [-0.25, -0.2) is 0 Å². The first-order valence-corrected chi connectivity index (χ1v) is 3.61. The third-order valence-electron chi connectivity index (χ3n) is 1.42. The number of hydrogen-bond donors (Lipinski definition) is 1. The van der Waals surface area contributed by atoms with Crippen LogP contribution < -0.4 is 5.73 Å². The number of aromatic nitrogens is 2. The van der Waals surface area contributed by atoms with E-state index in [1.165, 1.54) is 17.1 Å². The Balaban J connectivity index is 0.00000144. The second-order valence-corrected chi connectivity index (χ2v) is 2.36. The van der Waals surface area contributed by atoms with Gasteiger partial charge in [0.15, 0.2) is 0 Å². The molecule has 13 heavy (non-hydrogen) atoms. The second kappa shape index (κ2) is 5.50. The van der Waals surface area contributed by atoms with Crippen molar-refractivity contribution in [1.82, 2.24) is 9.78 Å². The molecule has 74 valence electrons. The summed E-state index contributed by atoms with van der Waals surface area (Å²) in [6.45, 7) is 1.19. The standard InChI is InChI=1S/C6H10N4O2.ClH/c7-2-1-3-9-5-6(4-8-9)10(11)12;/h4-5H,1-3,7H2;1H. The first-order chi connectivity index (χ1) is 5.74. The third-order valence-corrected chi connectivity index (χ3v) is 1.42. The number of aryl methyl sites for hydroxylation is 1. The summed E-state index contributed by atoms with van der Waals surface area (Å²) in [5.74, 6) is 0. The molecule has 0 aliphatic carbocycles. The molecule has 0 amide bonds. The van der Waals surface area contributed by atoms with Crippen molar-refractivity contribution >= 4 is 18.1 Å². The molecule has 0 unspecified atom stereocenters. The van der Waals surface area contributed by atoms with Gasteiger partial charge >= 0.3 is 5.69 Å². The number of rotatable bonds is 4. The topological polar surface area (TPSA) is 87.0 Å². The lowest BCUT2D eigenvalue weighted by Crippen LogP contribution is -2.05. The maximum atomic E-state index is 10.2. The Bertz CT molecular complexity index is 275. The normalized spacial score (nSPS) is 9.31. The molecule has 1 heterocycles.